The predicted molar refractivity (Wildman–Crippen MR) is 193 cm³/mol. The number of aliphatic hydroxyl groups is 1. The van der Waals surface area contributed by atoms with E-state index >= 15 is 0 Å². The van der Waals surface area contributed by atoms with Crippen LogP contribution in [-0.4, -0.2) is 44.0 Å². The molecule has 0 saturated carbocycles. The molecule has 0 radical (unpaired) electrons. The van der Waals surface area contributed by atoms with Crippen LogP contribution in [0.1, 0.15) is 60.3 Å². The molecule has 0 aliphatic carbocycles. The van der Waals surface area contributed by atoms with Crippen LogP contribution in [0.15, 0.2) is 109 Å². The van der Waals surface area contributed by atoms with E-state index in [9.17, 15) is 14.7 Å². The van der Waals surface area contributed by atoms with Gasteiger partial charge in [0, 0.05) is 37.1 Å². The zero-order valence-electron chi connectivity index (χ0n) is 27.5. The highest BCUT2D eigenvalue weighted by molar-refractivity contribution is 7.99. The Morgan fingerprint density at radius 2 is 1.66 bits per heavy atom. The summed E-state index contributed by atoms with van der Waals surface area (Å²) in [5, 5.41) is 22.8. The summed E-state index contributed by atoms with van der Waals surface area (Å²) < 4.78 is 12.9. The summed E-state index contributed by atoms with van der Waals surface area (Å²) in [5.41, 5.74) is 12.8. The number of carbonyl (C=O) groups is 2. The van der Waals surface area contributed by atoms with Gasteiger partial charge in [-0.25, -0.2) is 4.98 Å². The second kappa shape index (κ2) is 17.1. The van der Waals surface area contributed by atoms with Crippen molar-refractivity contribution in [3.05, 3.63) is 126 Å². The number of rotatable bonds is 14. The third-order valence-corrected chi connectivity index (χ3v) is 9.40. The van der Waals surface area contributed by atoms with E-state index in [-0.39, 0.29) is 43.5 Å². The number of nitrogens with two attached hydrogens (primary N) is 1. The number of carbonyl (C=O) groups excluding carboxylic acids is 2. The first-order valence-corrected chi connectivity index (χ1v) is 17.5. The molecule has 6 N–H and O–H groups in total. The SMILES string of the molecule is Nc1ccccc1NC(=O)CCCC(=O)NCc1cccc(-c2ccc([C@@H]3O[C@H](CSc4ncn[nH]4)C[C@H](c4ccc(CO)cc4)O3)cc2)c1. The number of hydrogen-bond acceptors (Lipinski definition) is 9. The van der Waals surface area contributed by atoms with E-state index in [1.807, 2.05) is 66.7 Å². The van der Waals surface area contributed by atoms with E-state index in [1.165, 1.54) is 6.33 Å². The molecule has 50 heavy (non-hydrogen) atoms. The van der Waals surface area contributed by atoms with Crippen LogP contribution in [0, 0.1) is 0 Å². The molecule has 1 aliphatic heterocycles. The van der Waals surface area contributed by atoms with Crippen LogP contribution in [-0.2, 0) is 32.2 Å². The number of nitrogens with zero attached hydrogens (tertiary/aromatic N) is 2. The van der Waals surface area contributed by atoms with Crippen molar-refractivity contribution in [3.63, 3.8) is 0 Å². The zero-order valence-corrected chi connectivity index (χ0v) is 28.3. The number of thioether (sulfide) groups is 1. The van der Waals surface area contributed by atoms with Gasteiger partial charge in [-0.05, 0) is 52.4 Å². The van der Waals surface area contributed by atoms with Gasteiger partial charge in [-0.1, -0.05) is 90.6 Å². The highest BCUT2D eigenvalue weighted by Gasteiger charge is 2.32. The van der Waals surface area contributed by atoms with Gasteiger partial charge in [0.15, 0.2) is 11.4 Å². The van der Waals surface area contributed by atoms with Crippen LogP contribution in [0.5, 0.6) is 0 Å². The monoisotopic (exact) mass is 692 g/mol. The van der Waals surface area contributed by atoms with E-state index in [4.69, 9.17) is 15.2 Å². The number of nitrogens with one attached hydrogen (secondary N) is 3. The number of aromatic amines is 1. The second-order valence-corrected chi connectivity index (χ2v) is 13.0. The lowest BCUT2D eigenvalue weighted by molar-refractivity contribution is -0.245. The summed E-state index contributed by atoms with van der Waals surface area (Å²) in [4.78, 5) is 29.0. The number of amides is 2. The summed E-state index contributed by atoms with van der Waals surface area (Å²) in [6.07, 6.45) is 2.24. The van der Waals surface area contributed by atoms with Crippen LogP contribution in [0.2, 0.25) is 0 Å². The predicted octanol–water partition coefficient (Wildman–Crippen LogP) is 6.31. The molecule has 1 fully saturated rings. The summed E-state index contributed by atoms with van der Waals surface area (Å²) >= 11 is 1.56. The van der Waals surface area contributed by atoms with Crippen LogP contribution in [0.25, 0.3) is 11.1 Å². The van der Waals surface area contributed by atoms with Crippen molar-refractivity contribution < 1.29 is 24.2 Å². The molecule has 6 rings (SSSR count). The number of ether oxygens (including phenoxy) is 2. The fraction of sp³-hybridized carbons (Fsp3) is 0.263. The maximum Gasteiger partial charge on any atom is 0.224 e. The number of aliphatic hydroxyl groups excluding tert-OH is 1. The Labute approximate surface area is 295 Å². The molecule has 0 unspecified atom stereocenters. The molecule has 258 valence electrons. The molecular formula is C38H40N6O5S. The van der Waals surface area contributed by atoms with Crippen molar-refractivity contribution in [3.8, 4) is 11.1 Å². The summed E-state index contributed by atoms with van der Waals surface area (Å²) in [7, 11) is 0. The first-order chi connectivity index (χ1) is 24.4. The van der Waals surface area contributed by atoms with Crippen LogP contribution >= 0.6 is 11.8 Å². The van der Waals surface area contributed by atoms with Crippen LogP contribution in [0.3, 0.4) is 0 Å². The van der Waals surface area contributed by atoms with Crippen molar-refractivity contribution in [2.75, 3.05) is 16.8 Å². The Morgan fingerprint density at radius 3 is 2.42 bits per heavy atom. The number of H-pyrrole nitrogens is 1. The Bertz CT molecular complexity index is 1850. The molecule has 2 heterocycles. The largest absolute Gasteiger partial charge is 0.397 e. The number of aromatic nitrogens is 3. The number of benzene rings is 4. The maximum atomic E-state index is 12.5. The van der Waals surface area contributed by atoms with Crippen LogP contribution in [0.4, 0.5) is 11.4 Å². The van der Waals surface area contributed by atoms with Gasteiger partial charge in [-0.15, -0.1) is 0 Å². The summed E-state index contributed by atoms with van der Waals surface area (Å²) in [6.45, 7) is 0.376. The van der Waals surface area contributed by atoms with Crippen molar-refractivity contribution in [2.45, 2.75) is 62.5 Å². The third kappa shape index (κ3) is 9.57. The van der Waals surface area contributed by atoms with Gasteiger partial charge in [0.25, 0.3) is 0 Å². The molecule has 1 aromatic heterocycles. The van der Waals surface area contributed by atoms with E-state index in [1.54, 1.807) is 36.0 Å². The van der Waals surface area contributed by atoms with Gasteiger partial charge < -0.3 is 30.9 Å². The molecule has 0 spiro atoms. The minimum Gasteiger partial charge on any atom is -0.397 e. The fourth-order valence-electron chi connectivity index (χ4n) is 5.67. The van der Waals surface area contributed by atoms with E-state index in [2.05, 4.69) is 31.9 Å². The molecule has 1 saturated heterocycles. The molecule has 2 amide bonds. The molecule has 4 aromatic carbocycles. The van der Waals surface area contributed by atoms with E-state index in [0.29, 0.717) is 36.5 Å². The summed E-state index contributed by atoms with van der Waals surface area (Å²) in [6, 6.07) is 31.1. The molecule has 0 bridgehead atoms. The Balaban J connectivity index is 1.03. The van der Waals surface area contributed by atoms with Crippen molar-refractivity contribution in [1.29, 1.82) is 0 Å². The average Bonchev–Trinajstić information content (AvgIpc) is 3.68. The van der Waals surface area contributed by atoms with Gasteiger partial charge in [0.2, 0.25) is 11.8 Å². The van der Waals surface area contributed by atoms with Crippen molar-refractivity contribution >= 4 is 35.0 Å². The van der Waals surface area contributed by atoms with Gasteiger partial charge in [-0.2, -0.15) is 5.10 Å². The minimum atomic E-state index is -0.565. The molecular weight excluding hydrogens is 653 g/mol. The van der Waals surface area contributed by atoms with Crippen molar-refractivity contribution in [2.24, 2.45) is 0 Å². The number of hydrogen-bond donors (Lipinski definition) is 5. The first kappa shape index (κ1) is 34.8. The third-order valence-electron chi connectivity index (χ3n) is 8.39. The number of nitrogen functional groups attached to an aromatic ring is 1. The topological polar surface area (TPSA) is 164 Å². The zero-order chi connectivity index (χ0) is 34.7. The standard InChI is InChI=1S/C38H40N6O5S/c39-32-7-1-2-8-33(32)43-36(47)10-4-9-35(46)40-21-26-5-3-6-30(19-26)27-15-17-29(18-16-27)37-48-31(23-50-38-41-24-42-44-38)20-34(49-37)28-13-11-25(22-45)12-14-28/h1-3,5-8,11-19,24,31,34,37,45H,4,9-10,20-23,39H2,(H,40,46)(H,43,47)(H,41,42,44)/t31-,34+,37+/m0/s1. The van der Waals surface area contributed by atoms with Gasteiger partial charge in [0.05, 0.1) is 30.2 Å². The molecule has 1 aliphatic rings. The Hall–Kier alpha value is -5.01. The van der Waals surface area contributed by atoms with Crippen molar-refractivity contribution in [1.82, 2.24) is 20.5 Å². The second-order valence-electron chi connectivity index (χ2n) is 12.0. The lowest BCUT2D eigenvalue weighted by atomic mass is 9.99. The Morgan fingerprint density at radius 1 is 0.880 bits per heavy atom. The molecule has 12 heteroatoms. The first-order valence-electron chi connectivity index (χ1n) is 16.5. The van der Waals surface area contributed by atoms with Crippen LogP contribution < -0.4 is 16.4 Å². The lowest BCUT2D eigenvalue weighted by Crippen LogP contribution is -2.31. The summed E-state index contributed by atoms with van der Waals surface area (Å²) in [5.74, 6) is 0.395. The van der Waals surface area contributed by atoms with E-state index in [0.717, 1.165) is 38.5 Å². The Kier molecular flexibility index (Phi) is 11.9. The number of para-hydroxylation sites is 2. The molecule has 3 atom stereocenters. The number of anilines is 2. The fourth-order valence-corrected chi connectivity index (χ4v) is 6.47. The molecule has 11 nitrogen and oxygen atoms in total. The normalized spacial score (nSPS) is 17.3. The highest BCUT2D eigenvalue weighted by atomic mass is 32.2. The average molecular weight is 693 g/mol. The minimum absolute atomic E-state index is 0.00807. The van der Waals surface area contributed by atoms with Gasteiger partial charge >= 0.3 is 0 Å². The quantitative estimate of drug-likeness (QED) is 0.0663. The van der Waals surface area contributed by atoms with E-state index < -0.39 is 6.29 Å². The van der Waals surface area contributed by atoms with Gasteiger partial charge in [0.1, 0.15) is 6.33 Å². The highest BCUT2D eigenvalue weighted by Crippen LogP contribution is 2.39. The maximum absolute atomic E-state index is 12.5. The molecule has 5 aromatic rings. The van der Waals surface area contributed by atoms with Gasteiger partial charge in [-0.3, -0.25) is 14.7 Å². The lowest BCUT2D eigenvalue weighted by Gasteiger charge is -2.36. The smallest absolute Gasteiger partial charge is 0.224 e.